The molecule has 0 aliphatic heterocycles. The Kier molecular flexibility index (Phi) is 3.87. The van der Waals surface area contributed by atoms with Crippen LogP contribution in [-0.4, -0.2) is 12.8 Å². The molecule has 0 saturated heterocycles. The summed E-state index contributed by atoms with van der Waals surface area (Å²) < 4.78 is 11.0. The highest BCUT2D eigenvalue weighted by Gasteiger charge is 2.22. The van der Waals surface area contributed by atoms with Crippen LogP contribution in [0.1, 0.15) is 18.1 Å². The van der Waals surface area contributed by atoms with Gasteiger partial charge in [-0.1, -0.05) is 34.7 Å². The predicted octanol–water partition coefficient (Wildman–Crippen LogP) is 4.08. The van der Waals surface area contributed by atoms with Crippen molar-refractivity contribution in [2.75, 3.05) is 6.61 Å². The van der Waals surface area contributed by atoms with Crippen LogP contribution >= 0.6 is 15.9 Å². The van der Waals surface area contributed by atoms with Crippen molar-refractivity contribution in [2.45, 2.75) is 13.3 Å². The van der Waals surface area contributed by atoms with E-state index in [1.54, 1.807) is 0 Å². The zero-order chi connectivity index (χ0) is 13.1. The van der Waals surface area contributed by atoms with E-state index in [-0.39, 0.29) is 6.61 Å². The van der Waals surface area contributed by atoms with Crippen LogP contribution in [0.4, 0.5) is 4.79 Å². The zero-order valence-corrected chi connectivity index (χ0v) is 11.6. The van der Waals surface area contributed by atoms with Crippen LogP contribution < -0.4 is 0 Å². The lowest BCUT2D eigenvalue weighted by atomic mass is 10.1. The fourth-order valence-electron chi connectivity index (χ4n) is 1.90. The molecule has 4 heteroatoms. The third kappa shape index (κ3) is 2.64. The summed E-state index contributed by atoms with van der Waals surface area (Å²) in [4.78, 5) is 11.4. The molecule has 0 saturated carbocycles. The Morgan fingerprint density at radius 2 is 2.33 bits per heavy atom. The molecule has 0 radical (unpaired) electrons. The minimum Gasteiger partial charge on any atom is -0.430 e. The first-order valence-electron chi connectivity index (χ1n) is 5.56. The Labute approximate surface area is 114 Å². The van der Waals surface area contributed by atoms with Crippen molar-refractivity contribution < 1.29 is 14.3 Å². The number of allylic oxidation sites excluding steroid dienone is 2. The van der Waals surface area contributed by atoms with Crippen molar-refractivity contribution in [3.8, 4) is 0 Å². The maximum Gasteiger partial charge on any atom is 0.513 e. The summed E-state index contributed by atoms with van der Waals surface area (Å²) in [6, 6.07) is 6.02. The summed E-state index contributed by atoms with van der Waals surface area (Å²) in [5, 5.41) is 0. The third-order valence-electron chi connectivity index (χ3n) is 2.77. The molecule has 2 rings (SSSR count). The lowest BCUT2D eigenvalue weighted by Gasteiger charge is -2.05. The van der Waals surface area contributed by atoms with Gasteiger partial charge in [0.1, 0.15) is 12.4 Å². The van der Waals surface area contributed by atoms with Crippen LogP contribution in [-0.2, 0) is 15.9 Å². The second kappa shape index (κ2) is 5.40. The normalized spacial score (nSPS) is 13.2. The Balaban J connectivity index is 2.11. The van der Waals surface area contributed by atoms with Crippen LogP contribution in [0.15, 0.2) is 41.1 Å². The number of hydrogen-bond acceptors (Lipinski definition) is 3. The molecule has 1 aliphatic rings. The molecular weight excluding hydrogens is 296 g/mol. The smallest absolute Gasteiger partial charge is 0.430 e. The van der Waals surface area contributed by atoms with Crippen LogP contribution in [0, 0.1) is 0 Å². The van der Waals surface area contributed by atoms with Crippen molar-refractivity contribution in [1.82, 2.24) is 0 Å². The van der Waals surface area contributed by atoms with Crippen LogP contribution in [0.2, 0.25) is 0 Å². The summed E-state index contributed by atoms with van der Waals surface area (Å²) in [5.74, 6) is 0.650. The van der Waals surface area contributed by atoms with Gasteiger partial charge in [-0.3, -0.25) is 0 Å². The number of halogens is 1. The van der Waals surface area contributed by atoms with Gasteiger partial charge in [-0.05, 0) is 35.8 Å². The summed E-state index contributed by atoms with van der Waals surface area (Å²) >= 11 is 3.43. The lowest BCUT2D eigenvalue weighted by Crippen LogP contribution is -2.07. The van der Waals surface area contributed by atoms with E-state index in [2.05, 4.69) is 22.5 Å². The van der Waals surface area contributed by atoms with E-state index in [1.807, 2.05) is 25.1 Å². The molecule has 0 amide bonds. The highest BCUT2D eigenvalue weighted by molar-refractivity contribution is 9.10. The van der Waals surface area contributed by atoms with E-state index in [4.69, 9.17) is 9.47 Å². The van der Waals surface area contributed by atoms with Gasteiger partial charge < -0.3 is 9.47 Å². The third-order valence-corrected chi connectivity index (χ3v) is 3.26. The number of hydrogen-bond donors (Lipinski definition) is 0. The fourth-order valence-corrected chi connectivity index (χ4v) is 2.31. The molecule has 0 heterocycles. The molecule has 1 aromatic rings. The minimum absolute atomic E-state index is 0.156. The number of ether oxygens (including phenoxy) is 2. The second-order valence-corrected chi connectivity index (χ2v) is 4.89. The van der Waals surface area contributed by atoms with E-state index in [0.29, 0.717) is 12.2 Å². The Morgan fingerprint density at radius 3 is 3.06 bits per heavy atom. The Hall–Kier alpha value is -1.55. The molecule has 0 fully saturated rings. The Morgan fingerprint density at radius 1 is 1.56 bits per heavy atom. The summed E-state index contributed by atoms with van der Waals surface area (Å²) in [5.41, 5.74) is 3.24. The zero-order valence-electron chi connectivity index (χ0n) is 10.0. The topological polar surface area (TPSA) is 35.5 Å². The number of rotatable bonds is 3. The van der Waals surface area contributed by atoms with Gasteiger partial charge in [0, 0.05) is 10.9 Å². The fraction of sp³-hybridized carbons (Fsp3) is 0.214. The molecule has 1 aromatic carbocycles. The summed E-state index contributed by atoms with van der Waals surface area (Å²) in [7, 11) is 0. The predicted molar refractivity (Wildman–Crippen MR) is 73.1 cm³/mol. The maximum absolute atomic E-state index is 11.4. The van der Waals surface area contributed by atoms with E-state index in [0.717, 1.165) is 21.2 Å². The van der Waals surface area contributed by atoms with Gasteiger partial charge in [0.25, 0.3) is 0 Å². The first-order chi connectivity index (χ1) is 8.61. The maximum atomic E-state index is 11.4. The monoisotopic (exact) mass is 308 g/mol. The largest absolute Gasteiger partial charge is 0.513 e. The van der Waals surface area contributed by atoms with Crippen molar-refractivity contribution in [2.24, 2.45) is 0 Å². The van der Waals surface area contributed by atoms with E-state index >= 15 is 0 Å². The molecule has 0 bridgehead atoms. The van der Waals surface area contributed by atoms with Gasteiger partial charge >= 0.3 is 6.16 Å². The van der Waals surface area contributed by atoms with E-state index < -0.39 is 6.16 Å². The average molecular weight is 309 g/mol. The number of fused-ring (bicyclic) bond motifs is 1. The highest BCUT2D eigenvalue weighted by atomic mass is 79.9. The molecule has 0 atom stereocenters. The van der Waals surface area contributed by atoms with Crippen LogP contribution in [0.25, 0.3) is 5.57 Å². The summed E-state index contributed by atoms with van der Waals surface area (Å²) in [6.45, 7) is 5.57. The first-order valence-corrected chi connectivity index (χ1v) is 6.35. The number of carbonyl (C=O) groups is 1. The van der Waals surface area contributed by atoms with E-state index in [1.165, 1.54) is 6.08 Å². The van der Waals surface area contributed by atoms with Crippen molar-refractivity contribution >= 4 is 27.7 Å². The SMILES string of the molecule is C=CCOC(=O)OC1=C(C)c2ccc(Br)cc2C1. The van der Waals surface area contributed by atoms with Gasteiger partial charge in [0.2, 0.25) is 0 Å². The number of carbonyl (C=O) groups excluding carboxylic acids is 1. The van der Waals surface area contributed by atoms with Crippen LogP contribution in [0.3, 0.4) is 0 Å². The van der Waals surface area contributed by atoms with Gasteiger partial charge in [0.15, 0.2) is 0 Å². The van der Waals surface area contributed by atoms with Gasteiger partial charge in [0.05, 0.1) is 0 Å². The van der Waals surface area contributed by atoms with Gasteiger partial charge in [-0.25, -0.2) is 4.79 Å². The molecule has 0 spiro atoms. The van der Waals surface area contributed by atoms with Crippen molar-refractivity contribution in [1.29, 1.82) is 0 Å². The van der Waals surface area contributed by atoms with Crippen molar-refractivity contribution in [3.63, 3.8) is 0 Å². The van der Waals surface area contributed by atoms with Gasteiger partial charge in [-0.15, -0.1) is 0 Å². The molecule has 3 nitrogen and oxygen atoms in total. The number of benzene rings is 1. The van der Waals surface area contributed by atoms with Crippen LogP contribution in [0.5, 0.6) is 0 Å². The van der Waals surface area contributed by atoms with Gasteiger partial charge in [-0.2, -0.15) is 0 Å². The molecule has 1 aliphatic carbocycles. The second-order valence-electron chi connectivity index (χ2n) is 3.98. The Bertz CT molecular complexity index is 532. The lowest BCUT2D eigenvalue weighted by molar-refractivity contribution is 0.0859. The molecule has 0 aromatic heterocycles. The molecular formula is C14H13BrO3. The molecule has 94 valence electrons. The quantitative estimate of drug-likeness (QED) is 0.623. The highest BCUT2D eigenvalue weighted by Crippen LogP contribution is 2.34. The standard InChI is InChI=1S/C14H13BrO3/c1-3-6-17-14(16)18-13-8-10-7-11(15)4-5-12(10)9(13)2/h3-5,7H,1,6,8H2,2H3. The molecule has 18 heavy (non-hydrogen) atoms. The summed E-state index contributed by atoms with van der Waals surface area (Å²) in [6.07, 6.45) is 1.43. The molecule has 0 unspecified atom stereocenters. The first kappa shape index (κ1) is 12.9. The molecule has 0 N–H and O–H groups in total. The van der Waals surface area contributed by atoms with Crippen molar-refractivity contribution in [3.05, 3.63) is 52.2 Å². The minimum atomic E-state index is -0.684. The average Bonchev–Trinajstić information content (AvgIpc) is 2.63. The van der Waals surface area contributed by atoms with E-state index in [9.17, 15) is 4.79 Å².